The lowest BCUT2D eigenvalue weighted by Crippen LogP contribution is -2.30. The summed E-state index contributed by atoms with van der Waals surface area (Å²) in [6.07, 6.45) is 0. The second-order valence-electron chi connectivity index (χ2n) is 5.17. The number of benzene rings is 2. The third-order valence-corrected chi connectivity index (χ3v) is 3.59. The molecule has 0 radical (unpaired) electrons. The SMILES string of the molecule is CCN(Cc1ccc2c(c1)OCO2)C(=O)c1cc(F)cc(F)c1. The lowest BCUT2D eigenvalue weighted by Gasteiger charge is -2.21. The minimum absolute atomic E-state index is 0.00917. The second-order valence-corrected chi connectivity index (χ2v) is 5.17. The van der Waals surface area contributed by atoms with Crippen LogP contribution in [0.3, 0.4) is 0 Å². The number of fused-ring (bicyclic) bond motifs is 1. The van der Waals surface area contributed by atoms with Gasteiger partial charge in [0.1, 0.15) is 11.6 Å². The monoisotopic (exact) mass is 319 g/mol. The van der Waals surface area contributed by atoms with Crippen LogP contribution >= 0.6 is 0 Å². The van der Waals surface area contributed by atoms with Crippen molar-refractivity contribution < 1.29 is 23.0 Å². The quantitative estimate of drug-likeness (QED) is 0.867. The maximum atomic E-state index is 13.3. The van der Waals surface area contributed by atoms with E-state index in [1.54, 1.807) is 19.1 Å². The summed E-state index contributed by atoms with van der Waals surface area (Å²) in [5.41, 5.74) is 0.839. The fraction of sp³-hybridized carbons (Fsp3) is 0.235. The Kier molecular flexibility index (Phi) is 4.14. The fourth-order valence-electron chi connectivity index (χ4n) is 2.45. The molecule has 0 saturated heterocycles. The van der Waals surface area contributed by atoms with Gasteiger partial charge in [0.25, 0.3) is 5.91 Å². The normalized spacial score (nSPS) is 12.3. The van der Waals surface area contributed by atoms with Crippen molar-refractivity contribution in [3.63, 3.8) is 0 Å². The molecule has 0 aromatic heterocycles. The van der Waals surface area contributed by atoms with Gasteiger partial charge < -0.3 is 14.4 Å². The van der Waals surface area contributed by atoms with Crippen molar-refractivity contribution in [2.75, 3.05) is 13.3 Å². The summed E-state index contributed by atoms with van der Waals surface area (Å²) in [6, 6.07) is 8.21. The van der Waals surface area contributed by atoms with Gasteiger partial charge in [-0.25, -0.2) is 8.78 Å². The highest BCUT2D eigenvalue weighted by Crippen LogP contribution is 2.32. The molecule has 4 nitrogen and oxygen atoms in total. The number of carbonyl (C=O) groups excluding carboxylic acids is 1. The zero-order valence-corrected chi connectivity index (χ0v) is 12.5. The van der Waals surface area contributed by atoms with E-state index < -0.39 is 17.5 Å². The van der Waals surface area contributed by atoms with Crippen molar-refractivity contribution >= 4 is 5.91 Å². The third kappa shape index (κ3) is 3.26. The van der Waals surface area contributed by atoms with Crippen molar-refractivity contribution in [2.45, 2.75) is 13.5 Å². The van der Waals surface area contributed by atoms with Crippen molar-refractivity contribution in [1.29, 1.82) is 0 Å². The molecule has 0 spiro atoms. The van der Waals surface area contributed by atoms with Crippen LogP contribution in [0.5, 0.6) is 11.5 Å². The zero-order valence-electron chi connectivity index (χ0n) is 12.5. The predicted molar refractivity (Wildman–Crippen MR) is 79.3 cm³/mol. The van der Waals surface area contributed by atoms with Gasteiger partial charge in [-0.2, -0.15) is 0 Å². The number of nitrogens with zero attached hydrogens (tertiary/aromatic N) is 1. The maximum Gasteiger partial charge on any atom is 0.254 e. The molecule has 0 aliphatic carbocycles. The van der Waals surface area contributed by atoms with Crippen molar-refractivity contribution in [2.24, 2.45) is 0 Å². The lowest BCUT2D eigenvalue weighted by atomic mass is 10.1. The molecule has 0 atom stereocenters. The molecular weight excluding hydrogens is 304 g/mol. The Bertz CT molecular complexity index is 728. The first-order chi connectivity index (χ1) is 11.1. The Labute approximate surface area is 132 Å². The van der Waals surface area contributed by atoms with Gasteiger partial charge in [0.15, 0.2) is 11.5 Å². The molecule has 1 heterocycles. The summed E-state index contributed by atoms with van der Waals surface area (Å²) >= 11 is 0. The minimum Gasteiger partial charge on any atom is -0.454 e. The van der Waals surface area contributed by atoms with E-state index in [0.717, 1.165) is 23.8 Å². The molecule has 0 saturated carbocycles. The topological polar surface area (TPSA) is 38.8 Å². The van der Waals surface area contributed by atoms with Crippen LogP contribution in [-0.4, -0.2) is 24.1 Å². The summed E-state index contributed by atoms with van der Waals surface area (Å²) in [7, 11) is 0. The maximum absolute atomic E-state index is 13.3. The molecule has 0 bridgehead atoms. The van der Waals surface area contributed by atoms with Crippen molar-refractivity contribution in [3.8, 4) is 11.5 Å². The molecule has 1 amide bonds. The molecule has 1 aliphatic rings. The number of halogens is 2. The Hall–Kier alpha value is -2.63. The third-order valence-electron chi connectivity index (χ3n) is 3.59. The van der Waals surface area contributed by atoms with Gasteiger partial charge in [-0.1, -0.05) is 6.07 Å². The number of amides is 1. The smallest absolute Gasteiger partial charge is 0.254 e. The van der Waals surface area contributed by atoms with Gasteiger partial charge in [0.05, 0.1) is 0 Å². The first kappa shape index (κ1) is 15.3. The van der Waals surface area contributed by atoms with Crippen LogP contribution in [0.25, 0.3) is 0 Å². The first-order valence-corrected chi connectivity index (χ1v) is 7.20. The standard InChI is InChI=1S/C17H15F2NO3/c1-2-20(17(21)12-6-13(18)8-14(19)7-12)9-11-3-4-15-16(5-11)23-10-22-15/h3-8H,2,9-10H2,1H3. The molecule has 2 aromatic carbocycles. The largest absolute Gasteiger partial charge is 0.454 e. The summed E-state index contributed by atoms with van der Waals surface area (Å²) in [5, 5.41) is 0. The lowest BCUT2D eigenvalue weighted by molar-refractivity contribution is 0.0751. The molecular formula is C17H15F2NO3. The summed E-state index contributed by atoms with van der Waals surface area (Å²) in [4.78, 5) is 14.0. The Morgan fingerprint density at radius 3 is 2.48 bits per heavy atom. The van der Waals surface area contributed by atoms with E-state index in [0.29, 0.717) is 24.6 Å². The van der Waals surface area contributed by atoms with Crippen molar-refractivity contribution in [1.82, 2.24) is 4.90 Å². The van der Waals surface area contributed by atoms with Crippen LogP contribution in [0.4, 0.5) is 8.78 Å². The highest BCUT2D eigenvalue weighted by molar-refractivity contribution is 5.94. The van der Waals surface area contributed by atoms with E-state index in [-0.39, 0.29) is 12.4 Å². The highest BCUT2D eigenvalue weighted by atomic mass is 19.1. The molecule has 0 fully saturated rings. The van der Waals surface area contributed by atoms with Gasteiger partial charge >= 0.3 is 0 Å². The summed E-state index contributed by atoms with van der Waals surface area (Å²) < 4.78 is 37.1. The van der Waals surface area contributed by atoms with Gasteiger partial charge in [-0.3, -0.25) is 4.79 Å². The van der Waals surface area contributed by atoms with Crippen LogP contribution < -0.4 is 9.47 Å². The molecule has 120 valence electrons. The van der Waals surface area contributed by atoms with E-state index in [4.69, 9.17) is 9.47 Å². The molecule has 6 heteroatoms. The Balaban J connectivity index is 1.80. The molecule has 3 rings (SSSR count). The average molecular weight is 319 g/mol. The fourth-order valence-corrected chi connectivity index (χ4v) is 2.45. The zero-order chi connectivity index (χ0) is 16.4. The van der Waals surface area contributed by atoms with Gasteiger partial charge in [0.2, 0.25) is 6.79 Å². The second kappa shape index (κ2) is 6.24. The number of carbonyl (C=O) groups is 1. The van der Waals surface area contributed by atoms with Crippen LogP contribution in [0.1, 0.15) is 22.8 Å². The molecule has 2 aromatic rings. The minimum atomic E-state index is -0.771. The number of rotatable bonds is 4. The van der Waals surface area contributed by atoms with Crippen LogP contribution in [0.2, 0.25) is 0 Å². The first-order valence-electron chi connectivity index (χ1n) is 7.20. The van der Waals surface area contributed by atoms with Crippen LogP contribution in [-0.2, 0) is 6.54 Å². The van der Waals surface area contributed by atoms with E-state index in [2.05, 4.69) is 0 Å². The summed E-state index contributed by atoms with van der Waals surface area (Å²) in [5.74, 6) is -0.679. The van der Waals surface area contributed by atoms with E-state index in [1.165, 1.54) is 4.90 Å². The van der Waals surface area contributed by atoms with E-state index >= 15 is 0 Å². The van der Waals surface area contributed by atoms with E-state index in [9.17, 15) is 13.6 Å². The number of hydrogen-bond acceptors (Lipinski definition) is 3. The van der Waals surface area contributed by atoms with Gasteiger partial charge in [0, 0.05) is 24.7 Å². The van der Waals surface area contributed by atoms with E-state index in [1.807, 2.05) is 6.07 Å². The highest BCUT2D eigenvalue weighted by Gasteiger charge is 2.18. The average Bonchev–Trinajstić information content (AvgIpc) is 2.98. The molecule has 0 N–H and O–H groups in total. The molecule has 0 unspecified atom stereocenters. The molecule has 23 heavy (non-hydrogen) atoms. The van der Waals surface area contributed by atoms with Gasteiger partial charge in [-0.05, 0) is 36.8 Å². The number of ether oxygens (including phenoxy) is 2. The van der Waals surface area contributed by atoms with Crippen LogP contribution in [0.15, 0.2) is 36.4 Å². The predicted octanol–water partition coefficient (Wildman–Crippen LogP) is 3.36. The molecule has 1 aliphatic heterocycles. The summed E-state index contributed by atoms with van der Waals surface area (Å²) in [6.45, 7) is 2.70. The Morgan fingerprint density at radius 2 is 1.78 bits per heavy atom. The van der Waals surface area contributed by atoms with Gasteiger partial charge in [-0.15, -0.1) is 0 Å². The Morgan fingerprint density at radius 1 is 1.09 bits per heavy atom. The van der Waals surface area contributed by atoms with Crippen molar-refractivity contribution in [3.05, 3.63) is 59.2 Å². The van der Waals surface area contributed by atoms with Crippen LogP contribution in [0, 0.1) is 11.6 Å². The number of hydrogen-bond donors (Lipinski definition) is 0.